The molecule has 2 heterocycles. The predicted octanol–water partition coefficient (Wildman–Crippen LogP) is 1.09. The average molecular weight is 296 g/mol. The Bertz CT molecular complexity index is 458. The second-order valence-electron chi connectivity index (χ2n) is 5.47. The molecule has 0 aromatic carbocycles. The van der Waals surface area contributed by atoms with Crippen molar-refractivity contribution < 1.29 is 4.79 Å². The van der Waals surface area contributed by atoms with E-state index < -0.39 is 0 Å². The molecular formula is C14H24N4OS. The summed E-state index contributed by atoms with van der Waals surface area (Å²) in [6.07, 6.45) is 2.56. The number of amides is 1. The van der Waals surface area contributed by atoms with Crippen LogP contribution < -0.4 is 16.6 Å². The predicted molar refractivity (Wildman–Crippen MR) is 82.6 cm³/mol. The summed E-state index contributed by atoms with van der Waals surface area (Å²) in [4.78, 5) is 16.0. The summed E-state index contributed by atoms with van der Waals surface area (Å²) in [5.74, 6) is 5.73. The number of nitrogens with zero attached hydrogens (tertiary/aromatic N) is 1. The molecular weight excluding hydrogens is 272 g/mol. The van der Waals surface area contributed by atoms with Crippen LogP contribution in [0.2, 0.25) is 0 Å². The van der Waals surface area contributed by atoms with E-state index in [0.29, 0.717) is 4.88 Å². The van der Waals surface area contributed by atoms with Crippen molar-refractivity contribution in [3.8, 4) is 0 Å². The second-order valence-corrected chi connectivity index (χ2v) is 6.72. The number of carbonyl (C=O) groups is 1. The van der Waals surface area contributed by atoms with Gasteiger partial charge in [0.1, 0.15) is 0 Å². The Morgan fingerprint density at radius 3 is 3.10 bits per heavy atom. The molecule has 5 nitrogen and oxygen atoms in total. The number of hydrogen-bond donors (Lipinski definition) is 3. The lowest BCUT2D eigenvalue weighted by molar-refractivity contribution is 0.0957. The fraction of sp³-hybridized carbons (Fsp3) is 0.643. The molecule has 6 heteroatoms. The van der Waals surface area contributed by atoms with Crippen LogP contribution in [0, 0.1) is 12.8 Å². The smallest absolute Gasteiger partial charge is 0.275 e. The lowest BCUT2D eigenvalue weighted by Gasteiger charge is -2.32. The molecule has 0 radical (unpaired) electrons. The molecule has 1 saturated heterocycles. The van der Waals surface area contributed by atoms with E-state index in [1.807, 2.05) is 13.1 Å². The van der Waals surface area contributed by atoms with Gasteiger partial charge >= 0.3 is 0 Å². The van der Waals surface area contributed by atoms with Crippen LogP contribution in [0.5, 0.6) is 0 Å². The zero-order chi connectivity index (χ0) is 14.5. The van der Waals surface area contributed by atoms with E-state index in [0.717, 1.165) is 32.1 Å². The van der Waals surface area contributed by atoms with E-state index >= 15 is 0 Å². The van der Waals surface area contributed by atoms with Gasteiger partial charge in [-0.1, -0.05) is 0 Å². The van der Waals surface area contributed by atoms with E-state index in [1.54, 1.807) is 0 Å². The molecule has 1 aliphatic heterocycles. The van der Waals surface area contributed by atoms with Crippen molar-refractivity contribution in [3.63, 3.8) is 0 Å². The van der Waals surface area contributed by atoms with Gasteiger partial charge in [-0.05, 0) is 57.5 Å². The number of rotatable bonds is 5. The molecule has 1 atom stereocenters. The van der Waals surface area contributed by atoms with Crippen molar-refractivity contribution >= 4 is 17.2 Å². The largest absolute Gasteiger partial charge is 0.319 e. The quantitative estimate of drug-likeness (QED) is 0.432. The third-order valence-corrected chi connectivity index (χ3v) is 4.96. The van der Waals surface area contributed by atoms with Gasteiger partial charge in [0.05, 0.1) is 4.88 Å². The molecule has 1 aliphatic rings. The monoisotopic (exact) mass is 296 g/mol. The summed E-state index contributed by atoms with van der Waals surface area (Å²) in [6, 6.07) is 1.98. The number of nitrogens with two attached hydrogens (primary N) is 1. The zero-order valence-corrected chi connectivity index (χ0v) is 13.1. The summed E-state index contributed by atoms with van der Waals surface area (Å²) in [5.41, 5.74) is 3.45. The molecule has 1 fully saturated rings. The average Bonchev–Trinajstić information content (AvgIpc) is 2.80. The molecule has 1 amide bonds. The normalized spacial score (nSPS) is 20.1. The number of nitrogens with one attached hydrogen (secondary N) is 2. The van der Waals surface area contributed by atoms with Gasteiger partial charge < -0.3 is 5.32 Å². The van der Waals surface area contributed by atoms with Gasteiger partial charge in [0.2, 0.25) is 0 Å². The molecule has 112 valence electrons. The van der Waals surface area contributed by atoms with Gasteiger partial charge in [-0.25, -0.2) is 5.84 Å². The highest BCUT2D eigenvalue weighted by molar-refractivity contribution is 7.14. The van der Waals surface area contributed by atoms with Crippen LogP contribution in [0.4, 0.5) is 0 Å². The zero-order valence-electron chi connectivity index (χ0n) is 12.2. The number of aryl methyl sites for hydroxylation is 1. The minimum atomic E-state index is -0.198. The number of likely N-dealkylation sites (tertiary alicyclic amines) is 1. The van der Waals surface area contributed by atoms with Gasteiger partial charge in [0, 0.05) is 18.0 Å². The van der Waals surface area contributed by atoms with Crippen molar-refractivity contribution in [2.75, 3.05) is 26.7 Å². The van der Waals surface area contributed by atoms with E-state index in [2.05, 4.69) is 22.6 Å². The first-order valence-corrected chi connectivity index (χ1v) is 7.93. The number of hydrogen-bond acceptors (Lipinski definition) is 5. The summed E-state index contributed by atoms with van der Waals surface area (Å²) >= 11 is 1.52. The van der Waals surface area contributed by atoms with Crippen molar-refractivity contribution in [3.05, 3.63) is 21.4 Å². The molecule has 20 heavy (non-hydrogen) atoms. The van der Waals surface area contributed by atoms with Crippen LogP contribution in [-0.2, 0) is 6.54 Å². The molecule has 1 aromatic rings. The van der Waals surface area contributed by atoms with Gasteiger partial charge in [0.25, 0.3) is 5.91 Å². The first-order chi connectivity index (χ1) is 9.63. The highest BCUT2D eigenvalue weighted by atomic mass is 32.1. The molecule has 1 unspecified atom stereocenters. The lowest BCUT2D eigenvalue weighted by Crippen LogP contribution is -2.38. The number of piperidine rings is 1. The molecule has 4 N–H and O–H groups in total. The molecule has 0 spiro atoms. The van der Waals surface area contributed by atoms with Crippen molar-refractivity contribution in [2.45, 2.75) is 26.3 Å². The van der Waals surface area contributed by atoms with Crippen LogP contribution in [-0.4, -0.2) is 37.5 Å². The summed E-state index contributed by atoms with van der Waals surface area (Å²) in [7, 11) is 2.01. The minimum Gasteiger partial charge on any atom is -0.319 e. The molecule has 0 saturated carbocycles. The third-order valence-electron chi connectivity index (χ3n) is 3.87. The van der Waals surface area contributed by atoms with Crippen LogP contribution >= 0.6 is 11.3 Å². The van der Waals surface area contributed by atoms with Crippen molar-refractivity contribution in [2.24, 2.45) is 11.8 Å². The fourth-order valence-corrected chi connectivity index (χ4v) is 3.79. The number of hydrazine groups is 1. The van der Waals surface area contributed by atoms with E-state index in [9.17, 15) is 4.79 Å². The Labute approximate surface area is 124 Å². The van der Waals surface area contributed by atoms with Crippen molar-refractivity contribution in [1.29, 1.82) is 0 Å². The maximum Gasteiger partial charge on any atom is 0.275 e. The standard InChI is InChI=1S/C14H24N4OS/c1-10-12(6-13(20-10)14(19)17-15)9-18-5-3-4-11(8-18)7-16-2/h6,11,16H,3-5,7-9,15H2,1-2H3,(H,17,19). The van der Waals surface area contributed by atoms with Gasteiger partial charge in [-0.15, -0.1) is 11.3 Å². The summed E-state index contributed by atoms with van der Waals surface area (Å²) in [5, 5.41) is 3.27. The number of carbonyl (C=O) groups excluding carboxylic acids is 1. The summed E-state index contributed by atoms with van der Waals surface area (Å²) < 4.78 is 0. The maximum atomic E-state index is 11.6. The Hall–Kier alpha value is -0.950. The van der Waals surface area contributed by atoms with Crippen LogP contribution in [0.15, 0.2) is 6.07 Å². The minimum absolute atomic E-state index is 0.198. The number of nitrogen functional groups attached to an aromatic ring is 1. The Balaban J connectivity index is 1.99. The third kappa shape index (κ3) is 3.79. The van der Waals surface area contributed by atoms with Gasteiger partial charge in [-0.2, -0.15) is 0 Å². The highest BCUT2D eigenvalue weighted by Crippen LogP contribution is 2.25. The van der Waals surface area contributed by atoms with E-state index in [1.165, 1.54) is 34.6 Å². The van der Waals surface area contributed by atoms with Crippen LogP contribution in [0.3, 0.4) is 0 Å². The molecule has 1 aromatic heterocycles. The lowest BCUT2D eigenvalue weighted by atomic mass is 9.97. The van der Waals surface area contributed by atoms with Crippen LogP contribution in [0.25, 0.3) is 0 Å². The Kier molecular flexibility index (Phi) is 5.54. The summed E-state index contributed by atoms with van der Waals surface area (Å²) in [6.45, 7) is 6.37. The fourth-order valence-electron chi connectivity index (χ4n) is 2.85. The molecule has 2 rings (SSSR count). The van der Waals surface area contributed by atoms with Gasteiger partial charge in [0.15, 0.2) is 0 Å². The van der Waals surface area contributed by atoms with Crippen molar-refractivity contribution in [1.82, 2.24) is 15.6 Å². The second kappa shape index (κ2) is 7.17. The van der Waals surface area contributed by atoms with E-state index in [4.69, 9.17) is 5.84 Å². The highest BCUT2D eigenvalue weighted by Gasteiger charge is 2.21. The number of thiophene rings is 1. The topological polar surface area (TPSA) is 70.4 Å². The van der Waals surface area contributed by atoms with Crippen LogP contribution in [0.1, 0.15) is 33.0 Å². The first-order valence-electron chi connectivity index (χ1n) is 7.11. The first kappa shape index (κ1) is 15.4. The van der Waals surface area contributed by atoms with Gasteiger partial charge in [-0.3, -0.25) is 15.1 Å². The Morgan fingerprint density at radius 1 is 1.60 bits per heavy atom. The molecule has 0 aliphatic carbocycles. The van der Waals surface area contributed by atoms with E-state index in [-0.39, 0.29) is 5.91 Å². The molecule has 0 bridgehead atoms. The SMILES string of the molecule is CNCC1CCCN(Cc2cc(C(=O)NN)sc2C)C1. The maximum absolute atomic E-state index is 11.6. The Morgan fingerprint density at radius 2 is 2.40 bits per heavy atom.